The van der Waals surface area contributed by atoms with Gasteiger partial charge in [-0.3, -0.25) is 5.43 Å². The van der Waals surface area contributed by atoms with E-state index in [1.807, 2.05) is 0 Å². The van der Waals surface area contributed by atoms with Crippen LogP contribution in [0.5, 0.6) is 0 Å². The van der Waals surface area contributed by atoms with Gasteiger partial charge in [0.05, 0.1) is 16.8 Å². The van der Waals surface area contributed by atoms with Crippen LogP contribution in [0.3, 0.4) is 0 Å². The van der Waals surface area contributed by atoms with E-state index in [0.717, 1.165) is 12.1 Å². The number of rotatable bonds is 3. The zero-order chi connectivity index (χ0) is 21.4. The van der Waals surface area contributed by atoms with Crippen molar-refractivity contribution >= 4 is 46.3 Å². The summed E-state index contributed by atoms with van der Waals surface area (Å²) in [5.74, 6) is -0.112. The van der Waals surface area contributed by atoms with Crippen molar-refractivity contribution in [2.75, 3.05) is 5.43 Å². The van der Waals surface area contributed by atoms with Crippen molar-refractivity contribution in [3.63, 3.8) is 0 Å². The molecule has 3 aromatic rings. The second-order valence-corrected chi connectivity index (χ2v) is 6.50. The number of hydrogen-bond acceptors (Lipinski definition) is 4. The molecule has 12 heteroatoms. The van der Waals surface area contributed by atoms with E-state index >= 15 is 0 Å². The highest BCUT2D eigenvalue weighted by Gasteiger charge is 2.39. The molecule has 0 saturated heterocycles. The van der Waals surface area contributed by atoms with Crippen LogP contribution in [0.15, 0.2) is 41.5 Å². The summed E-state index contributed by atoms with van der Waals surface area (Å²) in [6.07, 6.45) is -8.80. The molecule has 1 aromatic carbocycles. The zero-order valence-corrected chi connectivity index (χ0v) is 15.4. The van der Waals surface area contributed by atoms with Crippen molar-refractivity contribution < 1.29 is 26.3 Å². The summed E-state index contributed by atoms with van der Waals surface area (Å²) in [5.41, 5.74) is -1.02. The topological polar surface area (TPSA) is 50.2 Å². The fourth-order valence-electron chi connectivity index (χ4n) is 2.32. The first-order chi connectivity index (χ1) is 13.4. The second-order valence-electron chi connectivity index (χ2n) is 5.65. The third-order valence-corrected chi connectivity index (χ3v) is 4.18. The van der Waals surface area contributed by atoms with Crippen molar-refractivity contribution in [2.24, 2.45) is 5.10 Å². The van der Waals surface area contributed by atoms with Crippen LogP contribution in [-0.2, 0) is 12.4 Å². The molecule has 29 heavy (non-hydrogen) atoms. The van der Waals surface area contributed by atoms with E-state index in [1.54, 1.807) is 12.1 Å². The molecule has 0 aliphatic rings. The zero-order valence-electron chi connectivity index (χ0n) is 13.9. The quantitative estimate of drug-likeness (QED) is 0.283. The third-order valence-electron chi connectivity index (χ3n) is 3.61. The van der Waals surface area contributed by atoms with Gasteiger partial charge in [-0.05, 0) is 30.3 Å². The normalized spacial score (nSPS) is 12.7. The molecule has 0 spiro atoms. The summed E-state index contributed by atoms with van der Waals surface area (Å²) in [4.78, 5) is 6.91. The van der Waals surface area contributed by atoms with Crippen LogP contribution < -0.4 is 5.43 Å². The summed E-state index contributed by atoms with van der Waals surface area (Å²) in [6.45, 7) is 0. The maximum atomic E-state index is 13.2. The standard InChI is InChI=1S/C17H8Cl2F6N4/c18-9-2-1-8(12(19)5-9)7-26-29-14-4-3-10-11(16(20,21)22)6-13(17(23,24)25)27-15(10)28-14/h1-7H,(H,27,28,29)/b26-7+. The number of fused-ring (bicyclic) bond motifs is 1. The van der Waals surface area contributed by atoms with Gasteiger partial charge in [0.2, 0.25) is 0 Å². The van der Waals surface area contributed by atoms with Crippen LogP contribution in [0.4, 0.5) is 32.2 Å². The molecular weight excluding hydrogens is 445 g/mol. The molecule has 1 N–H and O–H groups in total. The Hall–Kier alpha value is -2.59. The molecule has 4 nitrogen and oxygen atoms in total. The van der Waals surface area contributed by atoms with E-state index in [0.29, 0.717) is 15.6 Å². The fraction of sp³-hybridized carbons (Fsp3) is 0.118. The molecule has 2 heterocycles. The first-order valence-electron chi connectivity index (χ1n) is 7.65. The van der Waals surface area contributed by atoms with E-state index in [2.05, 4.69) is 20.5 Å². The molecule has 0 saturated carbocycles. The Labute approximate surface area is 169 Å². The number of aromatic nitrogens is 2. The SMILES string of the molecule is FC(F)(F)c1cc(C(F)(F)F)c2ccc(N/N=C/c3ccc(Cl)cc3Cl)nc2n1. The van der Waals surface area contributed by atoms with Gasteiger partial charge < -0.3 is 0 Å². The van der Waals surface area contributed by atoms with Crippen LogP contribution >= 0.6 is 23.2 Å². The third kappa shape index (κ3) is 4.88. The lowest BCUT2D eigenvalue weighted by Crippen LogP contribution is -2.14. The molecule has 3 rings (SSSR count). The molecule has 0 unspecified atom stereocenters. The minimum atomic E-state index is -5.07. The summed E-state index contributed by atoms with van der Waals surface area (Å²) >= 11 is 11.7. The van der Waals surface area contributed by atoms with Gasteiger partial charge in [-0.1, -0.05) is 29.3 Å². The number of benzene rings is 1. The molecule has 0 amide bonds. The highest BCUT2D eigenvalue weighted by atomic mass is 35.5. The molecular formula is C17H8Cl2F6N4. The van der Waals surface area contributed by atoms with E-state index < -0.39 is 34.6 Å². The Morgan fingerprint density at radius 1 is 0.897 bits per heavy atom. The lowest BCUT2D eigenvalue weighted by molar-refractivity contribution is -0.144. The van der Waals surface area contributed by atoms with Gasteiger partial charge in [0.25, 0.3) is 0 Å². The van der Waals surface area contributed by atoms with Gasteiger partial charge in [-0.25, -0.2) is 9.97 Å². The Balaban J connectivity index is 1.97. The molecule has 0 radical (unpaired) electrons. The monoisotopic (exact) mass is 452 g/mol. The van der Waals surface area contributed by atoms with Crippen molar-refractivity contribution in [3.05, 3.63) is 63.3 Å². The van der Waals surface area contributed by atoms with Gasteiger partial charge >= 0.3 is 12.4 Å². The van der Waals surface area contributed by atoms with Crippen molar-refractivity contribution in [1.82, 2.24) is 9.97 Å². The largest absolute Gasteiger partial charge is 0.433 e. The molecule has 0 atom stereocenters. The molecule has 2 aromatic heterocycles. The predicted molar refractivity (Wildman–Crippen MR) is 97.2 cm³/mol. The van der Waals surface area contributed by atoms with E-state index in [4.69, 9.17) is 23.2 Å². The number of alkyl halides is 6. The average Bonchev–Trinajstić information content (AvgIpc) is 2.61. The van der Waals surface area contributed by atoms with Crippen LogP contribution in [-0.4, -0.2) is 16.2 Å². The number of pyridine rings is 2. The van der Waals surface area contributed by atoms with Crippen LogP contribution in [0, 0.1) is 0 Å². The number of halogens is 8. The number of hydrogen-bond donors (Lipinski definition) is 1. The Morgan fingerprint density at radius 3 is 2.24 bits per heavy atom. The van der Waals surface area contributed by atoms with E-state index in [9.17, 15) is 26.3 Å². The highest BCUT2D eigenvalue weighted by Crippen LogP contribution is 2.38. The fourth-order valence-corrected chi connectivity index (χ4v) is 2.78. The minimum Gasteiger partial charge on any atom is -0.261 e. The second kappa shape index (κ2) is 7.68. The van der Waals surface area contributed by atoms with Crippen molar-refractivity contribution in [3.8, 4) is 0 Å². The van der Waals surface area contributed by atoms with Gasteiger partial charge in [0.1, 0.15) is 11.5 Å². The number of hydrazone groups is 1. The van der Waals surface area contributed by atoms with Gasteiger partial charge in [0.15, 0.2) is 5.65 Å². The highest BCUT2D eigenvalue weighted by molar-refractivity contribution is 6.36. The van der Waals surface area contributed by atoms with E-state index in [1.165, 1.54) is 12.3 Å². The molecule has 152 valence electrons. The molecule has 0 aliphatic carbocycles. The Morgan fingerprint density at radius 2 is 1.62 bits per heavy atom. The molecule has 0 aliphatic heterocycles. The Bertz CT molecular complexity index is 1100. The van der Waals surface area contributed by atoms with E-state index in [-0.39, 0.29) is 11.9 Å². The summed E-state index contributed by atoms with van der Waals surface area (Å²) < 4.78 is 78.2. The Kier molecular flexibility index (Phi) is 5.59. The number of nitrogens with one attached hydrogen (secondary N) is 1. The van der Waals surface area contributed by atoms with Gasteiger partial charge in [-0.15, -0.1) is 0 Å². The minimum absolute atomic E-state index is 0.0438. The first kappa shape index (κ1) is 21.1. The molecule has 0 bridgehead atoms. The average molecular weight is 453 g/mol. The van der Waals surface area contributed by atoms with Gasteiger partial charge in [-0.2, -0.15) is 31.4 Å². The number of nitrogens with zero attached hydrogens (tertiary/aromatic N) is 3. The summed E-state index contributed by atoms with van der Waals surface area (Å²) in [7, 11) is 0. The smallest absolute Gasteiger partial charge is 0.261 e. The predicted octanol–water partition coefficient (Wildman–Crippen LogP) is 6.42. The summed E-state index contributed by atoms with van der Waals surface area (Å²) in [5, 5.41) is 3.94. The van der Waals surface area contributed by atoms with Crippen molar-refractivity contribution in [1.29, 1.82) is 0 Å². The van der Waals surface area contributed by atoms with Crippen molar-refractivity contribution in [2.45, 2.75) is 12.4 Å². The summed E-state index contributed by atoms with van der Waals surface area (Å²) in [6, 6.07) is 6.65. The lowest BCUT2D eigenvalue weighted by Gasteiger charge is -2.14. The van der Waals surface area contributed by atoms with Crippen LogP contribution in [0.2, 0.25) is 10.0 Å². The number of anilines is 1. The lowest BCUT2D eigenvalue weighted by atomic mass is 10.1. The van der Waals surface area contributed by atoms with Gasteiger partial charge in [0, 0.05) is 16.0 Å². The first-order valence-corrected chi connectivity index (χ1v) is 8.41. The molecule has 0 fully saturated rings. The maximum Gasteiger partial charge on any atom is 0.433 e. The maximum absolute atomic E-state index is 13.2. The van der Waals surface area contributed by atoms with Crippen LogP contribution in [0.25, 0.3) is 11.0 Å². The van der Waals surface area contributed by atoms with Crippen LogP contribution in [0.1, 0.15) is 16.8 Å².